The van der Waals surface area contributed by atoms with Crippen molar-refractivity contribution in [1.82, 2.24) is 10.2 Å². The summed E-state index contributed by atoms with van der Waals surface area (Å²) in [5.74, 6) is -0.0614. The molecule has 0 radical (unpaired) electrons. The number of amides is 2. The largest absolute Gasteiger partial charge is 0.342 e. The number of hydrogen-bond donors (Lipinski definition) is 1. The van der Waals surface area contributed by atoms with E-state index in [9.17, 15) is 9.59 Å². The van der Waals surface area contributed by atoms with E-state index in [-0.39, 0.29) is 23.8 Å². The molecule has 0 saturated carbocycles. The van der Waals surface area contributed by atoms with Crippen molar-refractivity contribution >= 4 is 23.2 Å². The van der Waals surface area contributed by atoms with Crippen LogP contribution in [0.25, 0.3) is 0 Å². The summed E-state index contributed by atoms with van der Waals surface area (Å²) >= 11 is 1.63. The molecule has 0 aromatic carbocycles. The summed E-state index contributed by atoms with van der Waals surface area (Å²) in [5.41, 5.74) is 0.909. The summed E-state index contributed by atoms with van der Waals surface area (Å²) in [5, 5.41) is 4.82. The quantitative estimate of drug-likeness (QED) is 0.900. The minimum Gasteiger partial charge on any atom is -0.342 e. The molecule has 1 fully saturated rings. The molecule has 2 heterocycles. The normalized spacial score (nSPS) is 20.6. The predicted molar refractivity (Wildman–Crippen MR) is 75.9 cm³/mol. The zero-order chi connectivity index (χ0) is 14.2. The molecule has 0 bridgehead atoms. The number of carbonyl (C=O) groups is 2. The Morgan fingerprint density at radius 1 is 1.42 bits per heavy atom. The SMILES string of the molecule is Cc1ccsc1CN1CC(=O)NC(C(C)(C)C)C1=O. The molecule has 1 N–H and O–H groups in total. The first-order valence-corrected chi connectivity index (χ1v) is 7.28. The number of nitrogens with one attached hydrogen (secondary N) is 1. The summed E-state index contributed by atoms with van der Waals surface area (Å²) in [7, 11) is 0. The van der Waals surface area contributed by atoms with Gasteiger partial charge in [-0.25, -0.2) is 0 Å². The smallest absolute Gasteiger partial charge is 0.246 e. The molecule has 1 saturated heterocycles. The number of nitrogens with zero attached hydrogens (tertiary/aromatic N) is 1. The Morgan fingerprint density at radius 2 is 2.11 bits per heavy atom. The van der Waals surface area contributed by atoms with E-state index >= 15 is 0 Å². The van der Waals surface area contributed by atoms with Crippen LogP contribution in [0.3, 0.4) is 0 Å². The molecule has 104 valence electrons. The highest BCUT2D eigenvalue weighted by Crippen LogP contribution is 2.25. The summed E-state index contributed by atoms with van der Waals surface area (Å²) in [6.07, 6.45) is 0. The maximum absolute atomic E-state index is 12.5. The van der Waals surface area contributed by atoms with Crippen LogP contribution >= 0.6 is 11.3 Å². The van der Waals surface area contributed by atoms with E-state index in [4.69, 9.17) is 0 Å². The highest BCUT2D eigenvalue weighted by Gasteiger charge is 2.39. The van der Waals surface area contributed by atoms with Crippen LogP contribution < -0.4 is 5.32 Å². The molecular formula is C14H20N2O2S. The van der Waals surface area contributed by atoms with Gasteiger partial charge in [0.1, 0.15) is 6.04 Å². The standard InChI is InChI=1S/C14H20N2O2S/c1-9-5-6-19-10(9)7-16-8-11(17)15-12(13(16)18)14(2,3)4/h5-6,12H,7-8H2,1-4H3,(H,15,17). The molecule has 1 aliphatic rings. The Hall–Kier alpha value is -1.36. The molecule has 2 rings (SSSR count). The maximum Gasteiger partial charge on any atom is 0.246 e. The van der Waals surface area contributed by atoms with Crippen LogP contribution in [-0.4, -0.2) is 29.3 Å². The van der Waals surface area contributed by atoms with Crippen LogP contribution in [0.2, 0.25) is 0 Å². The Bertz CT molecular complexity index is 502. The predicted octanol–water partition coefficient (Wildman–Crippen LogP) is 1.93. The van der Waals surface area contributed by atoms with Gasteiger partial charge < -0.3 is 10.2 Å². The highest BCUT2D eigenvalue weighted by atomic mass is 32.1. The molecule has 4 nitrogen and oxygen atoms in total. The first-order chi connectivity index (χ1) is 8.79. The van der Waals surface area contributed by atoms with Crippen LogP contribution in [0.5, 0.6) is 0 Å². The van der Waals surface area contributed by atoms with Crippen molar-refractivity contribution in [2.24, 2.45) is 5.41 Å². The average molecular weight is 280 g/mol. The Kier molecular flexibility index (Phi) is 3.67. The number of hydrogen-bond acceptors (Lipinski definition) is 3. The van der Waals surface area contributed by atoms with Gasteiger partial charge in [0.25, 0.3) is 0 Å². The van der Waals surface area contributed by atoms with Gasteiger partial charge in [-0.05, 0) is 29.3 Å². The lowest BCUT2D eigenvalue weighted by Crippen LogP contribution is -2.61. The van der Waals surface area contributed by atoms with Gasteiger partial charge in [0.2, 0.25) is 11.8 Å². The molecule has 1 aromatic heterocycles. The minimum absolute atomic E-state index is 0.0138. The summed E-state index contributed by atoms with van der Waals surface area (Å²) < 4.78 is 0. The molecule has 19 heavy (non-hydrogen) atoms. The van der Waals surface area contributed by atoms with Crippen LogP contribution in [-0.2, 0) is 16.1 Å². The first-order valence-electron chi connectivity index (χ1n) is 6.40. The maximum atomic E-state index is 12.5. The third-order valence-corrected chi connectivity index (χ3v) is 4.37. The van der Waals surface area contributed by atoms with Gasteiger partial charge in [0, 0.05) is 4.88 Å². The molecule has 0 spiro atoms. The number of carbonyl (C=O) groups excluding carboxylic acids is 2. The van der Waals surface area contributed by atoms with Gasteiger partial charge in [-0.2, -0.15) is 0 Å². The van der Waals surface area contributed by atoms with Gasteiger partial charge in [-0.15, -0.1) is 11.3 Å². The monoisotopic (exact) mass is 280 g/mol. The summed E-state index contributed by atoms with van der Waals surface area (Å²) in [6, 6.07) is 1.60. The molecule has 1 aliphatic heterocycles. The van der Waals surface area contributed by atoms with E-state index in [2.05, 4.69) is 5.32 Å². The van der Waals surface area contributed by atoms with Crippen LogP contribution in [0.4, 0.5) is 0 Å². The van der Waals surface area contributed by atoms with Gasteiger partial charge >= 0.3 is 0 Å². The van der Waals surface area contributed by atoms with Crippen molar-refractivity contribution in [2.75, 3.05) is 6.54 Å². The number of thiophene rings is 1. The first kappa shape index (κ1) is 14.1. The third kappa shape index (κ3) is 2.97. The van der Waals surface area contributed by atoms with E-state index in [1.807, 2.05) is 39.1 Å². The Labute approximate surface area is 117 Å². The van der Waals surface area contributed by atoms with Crippen molar-refractivity contribution in [2.45, 2.75) is 40.3 Å². The summed E-state index contributed by atoms with van der Waals surface area (Å²) in [6.45, 7) is 8.62. The number of piperazine rings is 1. The average Bonchev–Trinajstić information content (AvgIpc) is 2.68. The highest BCUT2D eigenvalue weighted by molar-refractivity contribution is 7.10. The Balaban J connectivity index is 2.19. The summed E-state index contributed by atoms with van der Waals surface area (Å²) in [4.78, 5) is 27.1. The second kappa shape index (κ2) is 4.96. The second-order valence-corrected chi connectivity index (χ2v) is 7.09. The lowest BCUT2D eigenvalue weighted by atomic mass is 9.85. The van der Waals surface area contributed by atoms with Crippen molar-refractivity contribution in [1.29, 1.82) is 0 Å². The fourth-order valence-electron chi connectivity index (χ4n) is 2.16. The Morgan fingerprint density at radius 3 is 2.63 bits per heavy atom. The van der Waals surface area contributed by atoms with Crippen LogP contribution in [0, 0.1) is 12.3 Å². The van der Waals surface area contributed by atoms with Crippen LogP contribution in [0.1, 0.15) is 31.2 Å². The second-order valence-electron chi connectivity index (χ2n) is 6.09. The fourth-order valence-corrected chi connectivity index (χ4v) is 3.08. The van der Waals surface area contributed by atoms with E-state index < -0.39 is 6.04 Å². The zero-order valence-electron chi connectivity index (χ0n) is 11.8. The van der Waals surface area contributed by atoms with E-state index in [1.54, 1.807) is 16.2 Å². The third-order valence-electron chi connectivity index (χ3n) is 3.37. The lowest BCUT2D eigenvalue weighted by Gasteiger charge is -2.38. The molecule has 1 aromatic rings. The molecule has 5 heteroatoms. The number of aryl methyl sites for hydroxylation is 1. The lowest BCUT2D eigenvalue weighted by molar-refractivity contribution is -0.147. The van der Waals surface area contributed by atoms with Crippen LogP contribution in [0.15, 0.2) is 11.4 Å². The zero-order valence-corrected chi connectivity index (χ0v) is 12.6. The van der Waals surface area contributed by atoms with Crippen molar-refractivity contribution in [3.8, 4) is 0 Å². The van der Waals surface area contributed by atoms with E-state index in [0.29, 0.717) is 6.54 Å². The minimum atomic E-state index is -0.436. The topological polar surface area (TPSA) is 49.4 Å². The van der Waals surface area contributed by atoms with Crippen molar-refractivity contribution in [3.63, 3.8) is 0 Å². The number of rotatable bonds is 2. The van der Waals surface area contributed by atoms with Gasteiger partial charge in [-0.1, -0.05) is 20.8 Å². The fraction of sp³-hybridized carbons (Fsp3) is 0.571. The molecule has 2 amide bonds. The molecule has 1 unspecified atom stereocenters. The van der Waals surface area contributed by atoms with E-state index in [0.717, 1.165) is 4.88 Å². The van der Waals surface area contributed by atoms with E-state index in [1.165, 1.54) is 5.56 Å². The molecule has 1 atom stereocenters. The van der Waals surface area contributed by atoms with Crippen molar-refractivity contribution in [3.05, 3.63) is 21.9 Å². The van der Waals surface area contributed by atoms with Gasteiger partial charge in [0.05, 0.1) is 13.1 Å². The van der Waals surface area contributed by atoms with Crippen molar-refractivity contribution < 1.29 is 9.59 Å². The van der Waals surface area contributed by atoms with Gasteiger partial charge in [0.15, 0.2) is 0 Å². The molecular weight excluding hydrogens is 260 g/mol. The molecule has 0 aliphatic carbocycles. The van der Waals surface area contributed by atoms with Gasteiger partial charge in [-0.3, -0.25) is 9.59 Å².